The van der Waals surface area contributed by atoms with Crippen LogP contribution in [0.15, 0.2) is 33.3 Å². The van der Waals surface area contributed by atoms with Gasteiger partial charge in [0.1, 0.15) is 5.69 Å². The van der Waals surface area contributed by atoms with E-state index in [1.54, 1.807) is 6.21 Å². The van der Waals surface area contributed by atoms with E-state index in [0.29, 0.717) is 10.9 Å². The van der Waals surface area contributed by atoms with Crippen molar-refractivity contribution in [1.82, 2.24) is 14.9 Å². The van der Waals surface area contributed by atoms with Gasteiger partial charge in [0.15, 0.2) is 0 Å². The van der Waals surface area contributed by atoms with E-state index in [1.807, 2.05) is 53.0 Å². The first-order chi connectivity index (χ1) is 10.7. The predicted molar refractivity (Wildman–Crippen MR) is 95.7 cm³/mol. The lowest BCUT2D eigenvalue weighted by Crippen LogP contribution is -2.32. The molecule has 1 aromatic heterocycles. The standard InChI is InChI=1S/C17H22N4OS/c1-11-7-8-13(12(2)9-11)10-18-21-15(22)14(17(3,4)5)19-20-16(21)23-6/h7-10H,1-6H3/b18-10+. The van der Waals surface area contributed by atoms with E-state index in [9.17, 15) is 4.79 Å². The molecule has 5 nitrogen and oxygen atoms in total. The summed E-state index contributed by atoms with van der Waals surface area (Å²) in [7, 11) is 0. The Labute approximate surface area is 140 Å². The molecule has 23 heavy (non-hydrogen) atoms. The molecule has 0 spiro atoms. The molecule has 1 heterocycles. The molecule has 2 aromatic rings. The summed E-state index contributed by atoms with van der Waals surface area (Å²) in [6, 6.07) is 6.11. The molecule has 0 aliphatic carbocycles. The van der Waals surface area contributed by atoms with Crippen LogP contribution in [-0.4, -0.2) is 27.3 Å². The first-order valence-electron chi connectivity index (χ1n) is 7.40. The van der Waals surface area contributed by atoms with Gasteiger partial charge in [-0.15, -0.1) is 10.2 Å². The van der Waals surface area contributed by atoms with Gasteiger partial charge in [0.25, 0.3) is 5.56 Å². The van der Waals surface area contributed by atoms with E-state index >= 15 is 0 Å². The smallest absolute Gasteiger partial charge is 0.265 e. The zero-order chi connectivity index (χ0) is 17.2. The average molecular weight is 330 g/mol. The number of thioether (sulfide) groups is 1. The number of aryl methyl sites for hydroxylation is 2. The number of rotatable bonds is 3. The third-order valence-electron chi connectivity index (χ3n) is 3.44. The van der Waals surface area contributed by atoms with Gasteiger partial charge in [0.05, 0.1) is 6.21 Å². The monoisotopic (exact) mass is 330 g/mol. The van der Waals surface area contributed by atoms with Crippen LogP contribution in [0.2, 0.25) is 0 Å². The molecular formula is C17H22N4OS. The minimum absolute atomic E-state index is 0.224. The van der Waals surface area contributed by atoms with Crippen molar-refractivity contribution in [2.45, 2.75) is 45.2 Å². The van der Waals surface area contributed by atoms with Crippen molar-refractivity contribution in [3.05, 3.63) is 50.9 Å². The van der Waals surface area contributed by atoms with Crippen molar-refractivity contribution in [2.24, 2.45) is 5.10 Å². The lowest BCUT2D eigenvalue weighted by Gasteiger charge is -2.16. The highest BCUT2D eigenvalue weighted by Gasteiger charge is 2.23. The van der Waals surface area contributed by atoms with Crippen LogP contribution in [0.1, 0.15) is 43.2 Å². The number of hydrogen-bond acceptors (Lipinski definition) is 5. The van der Waals surface area contributed by atoms with Crippen molar-refractivity contribution >= 4 is 18.0 Å². The van der Waals surface area contributed by atoms with Crippen LogP contribution >= 0.6 is 11.8 Å². The van der Waals surface area contributed by atoms with E-state index in [1.165, 1.54) is 22.0 Å². The van der Waals surface area contributed by atoms with E-state index in [0.717, 1.165) is 11.1 Å². The van der Waals surface area contributed by atoms with Gasteiger partial charge in [0, 0.05) is 5.41 Å². The fourth-order valence-corrected chi connectivity index (χ4v) is 2.58. The Morgan fingerprint density at radius 1 is 1.22 bits per heavy atom. The maximum Gasteiger partial charge on any atom is 0.297 e. The van der Waals surface area contributed by atoms with Crippen molar-refractivity contribution < 1.29 is 0 Å². The summed E-state index contributed by atoms with van der Waals surface area (Å²) in [5.74, 6) is 0. The second kappa shape index (κ2) is 6.66. The first-order valence-corrected chi connectivity index (χ1v) is 8.62. The summed E-state index contributed by atoms with van der Waals surface area (Å²) < 4.78 is 1.33. The molecule has 2 rings (SSSR count). The molecule has 0 N–H and O–H groups in total. The van der Waals surface area contributed by atoms with Gasteiger partial charge in [-0.2, -0.15) is 9.78 Å². The van der Waals surface area contributed by atoms with Crippen LogP contribution in [0.5, 0.6) is 0 Å². The van der Waals surface area contributed by atoms with Gasteiger partial charge >= 0.3 is 0 Å². The van der Waals surface area contributed by atoms with Crippen molar-refractivity contribution in [1.29, 1.82) is 0 Å². The number of benzene rings is 1. The normalized spacial score (nSPS) is 12.1. The van der Waals surface area contributed by atoms with Crippen molar-refractivity contribution in [2.75, 3.05) is 6.26 Å². The van der Waals surface area contributed by atoms with E-state index in [-0.39, 0.29) is 11.0 Å². The Balaban J connectivity index is 2.54. The van der Waals surface area contributed by atoms with Gasteiger partial charge in [-0.05, 0) is 31.2 Å². The molecule has 122 valence electrons. The summed E-state index contributed by atoms with van der Waals surface area (Å²) in [6.07, 6.45) is 3.55. The predicted octanol–water partition coefficient (Wildman–Crippen LogP) is 3.16. The van der Waals surface area contributed by atoms with Crippen LogP contribution in [0.3, 0.4) is 0 Å². The summed E-state index contributed by atoms with van der Waals surface area (Å²) in [5, 5.41) is 13.1. The van der Waals surface area contributed by atoms with Crippen LogP contribution in [0.25, 0.3) is 0 Å². The van der Waals surface area contributed by atoms with Gasteiger partial charge in [-0.25, -0.2) is 0 Å². The average Bonchev–Trinajstić information content (AvgIpc) is 2.45. The van der Waals surface area contributed by atoms with Crippen molar-refractivity contribution in [3.8, 4) is 0 Å². The van der Waals surface area contributed by atoms with Gasteiger partial charge in [-0.3, -0.25) is 4.79 Å². The van der Waals surface area contributed by atoms with Crippen LogP contribution < -0.4 is 5.56 Å². The third-order valence-corrected chi connectivity index (χ3v) is 4.06. The molecule has 0 aliphatic rings. The summed E-state index contributed by atoms with van der Waals surface area (Å²) in [6.45, 7) is 9.89. The second-order valence-corrected chi connectivity index (χ2v) is 7.28. The zero-order valence-corrected chi connectivity index (χ0v) is 15.2. The Bertz CT molecular complexity index is 803. The molecule has 0 atom stereocenters. The summed E-state index contributed by atoms with van der Waals surface area (Å²) in [5.41, 5.74) is 3.10. The molecule has 1 aromatic carbocycles. The summed E-state index contributed by atoms with van der Waals surface area (Å²) >= 11 is 1.35. The van der Waals surface area contributed by atoms with Gasteiger partial charge in [0.2, 0.25) is 5.16 Å². The third kappa shape index (κ3) is 3.88. The zero-order valence-electron chi connectivity index (χ0n) is 14.4. The fourth-order valence-electron chi connectivity index (χ4n) is 2.16. The maximum absolute atomic E-state index is 12.7. The Hall–Kier alpha value is -1.95. The highest BCUT2D eigenvalue weighted by atomic mass is 32.2. The first kappa shape index (κ1) is 17.4. The van der Waals surface area contributed by atoms with Crippen LogP contribution in [0, 0.1) is 13.8 Å². The molecule has 0 fully saturated rings. The molecule has 0 amide bonds. The molecule has 0 unspecified atom stereocenters. The molecule has 6 heteroatoms. The Morgan fingerprint density at radius 3 is 2.48 bits per heavy atom. The number of hydrogen-bond donors (Lipinski definition) is 0. The second-order valence-electron chi connectivity index (χ2n) is 6.51. The summed E-state index contributed by atoms with van der Waals surface area (Å²) in [4.78, 5) is 12.7. The van der Waals surface area contributed by atoms with E-state index < -0.39 is 0 Å². The van der Waals surface area contributed by atoms with Gasteiger partial charge < -0.3 is 0 Å². The van der Waals surface area contributed by atoms with E-state index in [2.05, 4.69) is 21.4 Å². The van der Waals surface area contributed by atoms with E-state index in [4.69, 9.17) is 0 Å². The minimum atomic E-state index is -0.377. The molecule has 0 bridgehead atoms. The molecule has 0 radical (unpaired) electrons. The largest absolute Gasteiger partial charge is 0.297 e. The van der Waals surface area contributed by atoms with Crippen LogP contribution in [-0.2, 0) is 5.41 Å². The quantitative estimate of drug-likeness (QED) is 0.641. The van der Waals surface area contributed by atoms with Crippen molar-refractivity contribution in [3.63, 3.8) is 0 Å². The molecular weight excluding hydrogens is 308 g/mol. The highest BCUT2D eigenvalue weighted by molar-refractivity contribution is 7.98. The van der Waals surface area contributed by atoms with Gasteiger partial charge in [-0.1, -0.05) is 56.3 Å². The fraction of sp³-hybridized carbons (Fsp3) is 0.412. The topological polar surface area (TPSA) is 60.1 Å². The SMILES string of the molecule is CSc1nnc(C(C)(C)C)c(=O)n1/N=C/c1ccc(C)cc1C. The Morgan fingerprint density at radius 2 is 1.91 bits per heavy atom. The molecule has 0 saturated heterocycles. The molecule has 0 aliphatic heterocycles. The maximum atomic E-state index is 12.7. The minimum Gasteiger partial charge on any atom is -0.265 e. The number of aromatic nitrogens is 3. The lowest BCUT2D eigenvalue weighted by atomic mass is 9.93. The highest BCUT2D eigenvalue weighted by Crippen LogP contribution is 2.17. The lowest BCUT2D eigenvalue weighted by molar-refractivity contribution is 0.510. The number of nitrogens with zero attached hydrogens (tertiary/aromatic N) is 4. The molecule has 0 saturated carbocycles. The van der Waals surface area contributed by atoms with Crippen LogP contribution in [0.4, 0.5) is 0 Å². The Kier molecular flexibility index (Phi) is 5.04.